The second-order valence-corrected chi connectivity index (χ2v) is 21.4. The molecule has 0 aliphatic heterocycles. The van der Waals surface area contributed by atoms with Gasteiger partial charge < -0.3 is 19.3 Å². The summed E-state index contributed by atoms with van der Waals surface area (Å²) in [6.45, 7) is 0. The lowest BCUT2D eigenvalue weighted by molar-refractivity contribution is 0.628. The number of nitrogens with zero attached hydrogens (tertiary/aromatic N) is 4. The molecule has 80 heavy (non-hydrogen) atoms. The van der Waals surface area contributed by atoms with E-state index in [-0.39, 0.29) is 5.82 Å². The molecule has 0 aliphatic rings. The minimum absolute atomic E-state index is 0.289. The molecule has 0 saturated heterocycles. The average molecular weight is 1050 g/mol. The summed E-state index contributed by atoms with van der Waals surface area (Å²) in [7, 11) is 0. The Labute approximate surface area is 466 Å². The van der Waals surface area contributed by atoms with Gasteiger partial charge in [-0.1, -0.05) is 152 Å². The topological polar surface area (TPSA) is 14.7 Å². The van der Waals surface area contributed by atoms with Crippen LogP contribution in [-0.4, -0.2) is 4.57 Å². The van der Waals surface area contributed by atoms with Gasteiger partial charge in [-0.2, -0.15) is 0 Å². The molecule has 4 nitrogen and oxygen atoms in total. The van der Waals surface area contributed by atoms with E-state index in [1.165, 1.54) is 47.8 Å². The first-order chi connectivity index (χ1) is 39.6. The summed E-state index contributed by atoms with van der Waals surface area (Å²) in [5.41, 5.74) is 14.5. The standard InChI is InChI=1S/C74H49FN4S/c75-53-23-18-31-58(45-53)76(54-24-7-2-8-25-54)59-35-39-70-66(46-59)67-47-60(36-40-71(67)79(70)57-30-17-22-51(43-57)50-19-5-1-6-20-50)77(55-26-9-3-10-27-55)61-37-41-73-68(48-61)69-49-62(38-42-74(69)80-73)78(56-28-11-4-12-29-56)72-44-52-21-13-14-32-63(52)64-33-15-16-34-65(64)72/h1-49H. The van der Waals surface area contributed by atoms with Gasteiger partial charge in [0.05, 0.1) is 16.7 Å². The maximum absolute atomic E-state index is 15.1. The quantitative estimate of drug-likeness (QED) is 0.120. The number of anilines is 9. The first-order valence-electron chi connectivity index (χ1n) is 27.0. The van der Waals surface area contributed by atoms with Gasteiger partial charge in [-0.05, 0) is 173 Å². The summed E-state index contributed by atoms with van der Waals surface area (Å²) in [4.78, 5) is 6.94. The number of hydrogen-bond acceptors (Lipinski definition) is 4. The summed E-state index contributed by atoms with van der Waals surface area (Å²) in [6.07, 6.45) is 0. The van der Waals surface area contributed by atoms with E-state index in [9.17, 15) is 0 Å². The van der Waals surface area contributed by atoms with Crippen LogP contribution in [0.4, 0.5) is 55.6 Å². The fraction of sp³-hybridized carbons (Fsp3) is 0. The highest BCUT2D eigenvalue weighted by Gasteiger charge is 2.23. The molecule has 15 rings (SSSR count). The molecule has 0 amide bonds. The van der Waals surface area contributed by atoms with Crippen LogP contribution in [0.3, 0.4) is 0 Å². The van der Waals surface area contributed by atoms with Crippen molar-refractivity contribution in [1.29, 1.82) is 0 Å². The molecule has 6 heteroatoms. The van der Waals surface area contributed by atoms with Crippen molar-refractivity contribution in [1.82, 2.24) is 4.57 Å². The lowest BCUT2D eigenvalue weighted by atomic mass is 9.99. The van der Waals surface area contributed by atoms with E-state index >= 15 is 4.39 Å². The molecule has 378 valence electrons. The second kappa shape index (κ2) is 19.6. The van der Waals surface area contributed by atoms with E-state index in [0.29, 0.717) is 0 Å². The van der Waals surface area contributed by atoms with Crippen molar-refractivity contribution >= 4 is 126 Å². The van der Waals surface area contributed by atoms with Gasteiger partial charge in [0, 0.05) is 87.5 Å². The minimum Gasteiger partial charge on any atom is -0.310 e. The van der Waals surface area contributed by atoms with Gasteiger partial charge in [0.1, 0.15) is 5.82 Å². The molecule has 13 aromatic carbocycles. The second-order valence-electron chi connectivity index (χ2n) is 20.3. The maximum atomic E-state index is 15.1. The van der Waals surface area contributed by atoms with Gasteiger partial charge in [0.25, 0.3) is 0 Å². The van der Waals surface area contributed by atoms with Crippen LogP contribution >= 0.6 is 11.3 Å². The zero-order chi connectivity index (χ0) is 53.1. The maximum Gasteiger partial charge on any atom is 0.125 e. The third-order valence-corrected chi connectivity index (χ3v) is 16.7. The SMILES string of the molecule is Fc1cccc(N(c2ccccc2)c2ccc3c(c2)c2cc(N(c4ccccc4)c4ccc5sc6ccc(N(c7ccccc7)c7cc8ccccc8c8ccccc78)cc6c5c4)ccc2n3-c2cccc(-c3ccccc3)c2)c1. The van der Waals surface area contributed by atoms with Gasteiger partial charge in [-0.15, -0.1) is 11.3 Å². The average Bonchev–Trinajstić information content (AvgIpc) is 4.06. The Balaban J connectivity index is 0.920. The zero-order valence-corrected chi connectivity index (χ0v) is 44.2. The molecule has 0 N–H and O–H groups in total. The monoisotopic (exact) mass is 1040 g/mol. The van der Waals surface area contributed by atoms with Crippen LogP contribution in [0.5, 0.6) is 0 Å². The Morgan fingerprint density at radius 3 is 1.30 bits per heavy atom. The molecule has 0 unspecified atom stereocenters. The summed E-state index contributed by atoms with van der Waals surface area (Å²) >= 11 is 1.83. The fourth-order valence-electron chi connectivity index (χ4n) is 11.9. The number of thiophene rings is 1. The molecular weight excluding hydrogens is 996 g/mol. The lowest BCUT2D eigenvalue weighted by Crippen LogP contribution is -2.10. The number of rotatable bonds is 11. The van der Waals surface area contributed by atoms with Crippen LogP contribution in [0, 0.1) is 5.82 Å². The predicted octanol–water partition coefficient (Wildman–Crippen LogP) is 21.7. The van der Waals surface area contributed by atoms with Gasteiger partial charge in [-0.25, -0.2) is 4.39 Å². The Bertz CT molecular complexity index is 4810. The van der Waals surface area contributed by atoms with Crippen molar-refractivity contribution in [3.63, 3.8) is 0 Å². The van der Waals surface area contributed by atoms with Crippen LogP contribution in [0.1, 0.15) is 0 Å². The number of halogens is 1. The smallest absolute Gasteiger partial charge is 0.125 e. The third-order valence-electron chi connectivity index (χ3n) is 15.5. The molecule has 0 fully saturated rings. The van der Waals surface area contributed by atoms with Crippen LogP contribution < -0.4 is 14.7 Å². The molecule has 0 bridgehead atoms. The van der Waals surface area contributed by atoms with E-state index in [2.05, 4.69) is 274 Å². The van der Waals surface area contributed by atoms with Crippen molar-refractivity contribution in [2.75, 3.05) is 14.7 Å². The number of fused-ring (bicyclic) bond motifs is 9. The fourth-order valence-corrected chi connectivity index (χ4v) is 13.0. The first-order valence-corrected chi connectivity index (χ1v) is 27.8. The molecular formula is C74H49FN4S. The first kappa shape index (κ1) is 47.0. The largest absolute Gasteiger partial charge is 0.310 e. The Kier molecular flexibility index (Phi) is 11.5. The molecule has 0 atom stereocenters. The number of hydrogen-bond donors (Lipinski definition) is 0. The molecule has 0 spiro atoms. The van der Waals surface area contributed by atoms with Crippen molar-refractivity contribution in [3.05, 3.63) is 303 Å². The summed E-state index contributed by atoms with van der Waals surface area (Å²) < 4.78 is 20.0. The van der Waals surface area contributed by atoms with Crippen molar-refractivity contribution < 1.29 is 4.39 Å². The molecule has 2 aromatic heterocycles. The van der Waals surface area contributed by atoms with Crippen LogP contribution in [0.15, 0.2) is 297 Å². The van der Waals surface area contributed by atoms with E-state index in [1.54, 1.807) is 12.1 Å². The number of para-hydroxylation sites is 3. The van der Waals surface area contributed by atoms with Crippen molar-refractivity contribution in [2.45, 2.75) is 0 Å². The van der Waals surface area contributed by atoms with E-state index < -0.39 is 0 Å². The predicted molar refractivity (Wildman–Crippen MR) is 338 cm³/mol. The van der Waals surface area contributed by atoms with Gasteiger partial charge in [0.15, 0.2) is 0 Å². The van der Waals surface area contributed by atoms with Gasteiger partial charge in [0.2, 0.25) is 0 Å². The van der Waals surface area contributed by atoms with Gasteiger partial charge in [-0.3, -0.25) is 0 Å². The van der Waals surface area contributed by atoms with Crippen molar-refractivity contribution in [2.24, 2.45) is 0 Å². The van der Waals surface area contributed by atoms with E-state index in [1.807, 2.05) is 35.6 Å². The van der Waals surface area contributed by atoms with Gasteiger partial charge >= 0.3 is 0 Å². The molecule has 0 aliphatic carbocycles. The molecule has 15 aromatic rings. The highest BCUT2D eigenvalue weighted by molar-refractivity contribution is 7.25. The molecule has 0 radical (unpaired) electrons. The third kappa shape index (κ3) is 8.20. The van der Waals surface area contributed by atoms with Crippen LogP contribution in [0.2, 0.25) is 0 Å². The minimum atomic E-state index is -0.289. The van der Waals surface area contributed by atoms with Crippen LogP contribution in [-0.2, 0) is 0 Å². The zero-order valence-electron chi connectivity index (χ0n) is 43.4. The van der Waals surface area contributed by atoms with Crippen LogP contribution in [0.25, 0.3) is 80.3 Å². The Hall–Kier alpha value is -10.3. The lowest BCUT2D eigenvalue weighted by Gasteiger charge is -2.27. The van der Waals surface area contributed by atoms with E-state index in [0.717, 1.165) is 89.8 Å². The summed E-state index contributed by atoms with van der Waals surface area (Å²) in [5, 5.41) is 9.43. The highest BCUT2D eigenvalue weighted by atomic mass is 32.1. The van der Waals surface area contributed by atoms with E-state index in [4.69, 9.17) is 0 Å². The molecule has 2 heterocycles. The Morgan fingerprint density at radius 2 is 0.713 bits per heavy atom. The molecule has 0 saturated carbocycles. The number of benzene rings is 13. The number of aromatic nitrogens is 1. The highest BCUT2D eigenvalue weighted by Crippen LogP contribution is 2.48. The Morgan fingerprint density at radius 1 is 0.275 bits per heavy atom. The summed E-state index contributed by atoms with van der Waals surface area (Å²) in [5.74, 6) is -0.289. The normalized spacial score (nSPS) is 11.6. The van der Waals surface area contributed by atoms with Crippen molar-refractivity contribution in [3.8, 4) is 16.8 Å². The summed E-state index contributed by atoms with van der Waals surface area (Å²) in [6, 6.07) is 105.